The minimum absolute atomic E-state index is 0.0428. The fourth-order valence-electron chi connectivity index (χ4n) is 1.24. The van der Waals surface area contributed by atoms with Gasteiger partial charge in [-0.2, -0.15) is 12.6 Å². The molecule has 0 saturated heterocycles. The van der Waals surface area contributed by atoms with Gasteiger partial charge >= 0.3 is 23.2 Å². The van der Waals surface area contributed by atoms with Gasteiger partial charge < -0.3 is 13.6 Å². The highest BCUT2D eigenvalue weighted by Gasteiger charge is 2.41. The number of rotatable bonds is 9. The second-order valence-electron chi connectivity index (χ2n) is 4.19. The molecule has 0 aromatic heterocycles. The maximum atomic E-state index is 14.5. The zero-order chi connectivity index (χ0) is 16.0. The van der Waals surface area contributed by atoms with Crippen LogP contribution in [0.3, 0.4) is 0 Å². The average molecular weight is 369 g/mol. The van der Waals surface area contributed by atoms with Crippen molar-refractivity contribution >= 4 is 23.2 Å². The van der Waals surface area contributed by atoms with E-state index in [9.17, 15) is 12.6 Å². The molecule has 0 aromatic carbocycles. The van der Waals surface area contributed by atoms with E-state index < -0.39 is 23.2 Å². The summed E-state index contributed by atoms with van der Waals surface area (Å²) >= 11 is 0. The first-order valence-electron chi connectivity index (χ1n) is 6.74. The Morgan fingerprint density at radius 3 is 1.05 bits per heavy atom. The molecule has 1 aliphatic rings. The Bertz CT molecular complexity index is 427. The molecule has 0 amide bonds. The number of halogens is 3. The van der Waals surface area contributed by atoms with Crippen molar-refractivity contribution in [1.29, 1.82) is 0 Å². The van der Waals surface area contributed by atoms with Crippen molar-refractivity contribution in [1.82, 2.24) is 0 Å². The molecule has 0 radical (unpaired) electrons. The van der Waals surface area contributed by atoms with Crippen LogP contribution in [0.1, 0.15) is 40.0 Å². The Hall–Kier alpha value is 0.360. The first kappa shape index (κ1) is 19.4. The molecule has 126 valence electrons. The molecule has 0 bridgehead atoms. The minimum Gasteiger partial charge on any atom is -0.303 e. The highest BCUT2D eigenvalue weighted by Crippen LogP contribution is 2.81. The van der Waals surface area contributed by atoms with Crippen molar-refractivity contribution in [2.45, 2.75) is 40.0 Å². The summed E-state index contributed by atoms with van der Waals surface area (Å²) in [6.07, 6.45) is 1.40. The Labute approximate surface area is 123 Å². The van der Waals surface area contributed by atoms with Gasteiger partial charge in [-0.15, -0.1) is 13.5 Å². The highest BCUT2D eigenvalue weighted by atomic mass is 31.3. The summed E-state index contributed by atoms with van der Waals surface area (Å²) in [6.45, 7) is 5.07. The summed E-state index contributed by atoms with van der Waals surface area (Å²) in [5.41, 5.74) is 0. The van der Waals surface area contributed by atoms with Gasteiger partial charge in [-0.3, -0.25) is 0 Å². The van der Waals surface area contributed by atoms with Crippen LogP contribution in [0.2, 0.25) is 0 Å². The second kappa shape index (κ2) is 8.28. The Kier molecular flexibility index (Phi) is 7.65. The topological polar surface area (TPSA) is 64.8 Å². The zero-order valence-electron chi connectivity index (χ0n) is 12.3. The minimum atomic E-state index is -4.45. The van der Waals surface area contributed by atoms with Crippen molar-refractivity contribution in [3.8, 4) is 0 Å². The summed E-state index contributed by atoms with van der Waals surface area (Å²) in [7, 11) is -13.3. The van der Waals surface area contributed by atoms with Crippen LogP contribution < -0.4 is 0 Å². The standard InChI is InChI=1S/C9H21F3N3O3P3/c1-4-7-16-19(10)13-20(11,17-8-5-2)15-21(12,14-19)18-9-6-3/h4-9H2,1-3H3. The molecule has 6 nitrogen and oxygen atoms in total. The number of nitrogens with zero attached hydrogens (tertiary/aromatic N) is 3. The molecule has 12 heteroatoms. The van der Waals surface area contributed by atoms with Crippen LogP contribution in [0, 0.1) is 0 Å². The molecule has 0 atom stereocenters. The molecule has 1 heterocycles. The molecule has 0 saturated carbocycles. The van der Waals surface area contributed by atoms with Crippen molar-refractivity contribution in [3.05, 3.63) is 0 Å². The van der Waals surface area contributed by atoms with Crippen LogP contribution in [0.5, 0.6) is 0 Å². The lowest BCUT2D eigenvalue weighted by Crippen LogP contribution is -1.94. The molecular formula is C9H21F3N3O3P3. The molecule has 0 spiro atoms. The molecule has 0 aromatic rings. The van der Waals surface area contributed by atoms with Crippen LogP contribution in [0.4, 0.5) is 12.6 Å². The lowest BCUT2D eigenvalue weighted by atomic mass is 10.5. The van der Waals surface area contributed by atoms with E-state index in [4.69, 9.17) is 13.6 Å². The summed E-state index contributed by atoms with van der Waals surface area (Å²) in [6, 6.07) is 0. The van der Waals surface area contributed by atoms with Gasteiger partial charge in [-0.25, -0.2) is 0 Å². The molecule has 1 rings (SSSR count). The fourth-order valence-corrected chi connectivity index (χ4v) is 8.38. The van der Waals surface area contributed by atoms with Crippen LogP contribution in [0.15, 0.2) is 13.5 Å². The van der Waals surface area contributed by atoms with Crippen molar-refractivity contribution in [2.24, 2.45) is 13.5 Å². The van der Waals surface area contributed by atoms with Crippen molar-refractivity contribution < 1.29 is 26.2 Å². The number of hydrogen-bond acceptors (Lipinski definition) is 6. The van der Waals surface area contributed by atoms with Crippen LogP contribution in [-0.4, -0.2) is 19.8 Å². The maximum Gasteiger partial charge on any atom is 0.387 e. The predicted molar refractivity (Wildman–Crippen MR) is 80.1 cm³/mol. The van der Waals surface area contributed by atoms with Gasteiger partial charge in [0.15, 0.2) is 0 Å². The van der Waals surface area contributed by atoms with E-state index in [0.717, 1.165) is 0 Å². The van der Waals surface area contributed by atoms with Crippen LogP contribution in [-0.2, 0) is 13.6 Å². The van der Waals surface area contributed by atoms with Crippen LogP contribution in [0.25, 0.3) is 0 Å². The molecule has 0 unspecified atom stereocenters. The molecular weight excluding hydrogens is 348 g/mol. The van der Waals surface area contributed by atoms with Gasteiger partial charge in [0.25, 0.3) is 0 Å². The average Bonchev–Trinajstić information content (AvgIpc) is 2.39. The van der Waals surface area contributed by atoms with Gasteiger partial charge in [0.1, 0.15) is 0 Å². The third-order valence-electron chi connectivity index (χ3n) is 2.04. The summed E-state index contributed by atoms with van der Waals surface area (Å²) < 4.78 is 67.8. The molecule has 1 aliphatic heterocycles. The third-order valence-corrected chi connectivity index (χ3v) is 8.87. The monoisotopic (exact) mass is 369 g/mol. The predicted octanol–water partition coefficient (Wildman–Crippen LogP) is 7.03. The lowest BCUT2D eigenvalue weighted by molar-refractivity contribution is 0.305. The quantitative estimate of drug-likeness (QED) is 0.410. The van der Waals surface area contributed by atoms with Gasteiger partial charge in [-0.1, -0.05) is 20.8 Å². The van der Waals surface area contributed by atoms with Crippen LogP contribution >= 0.6 is 23.2 Å². The van der Waals surface area contributed by atoms with E-state index in [-0.39, 0.29) is 19.8 Å². The fraction of sp³-hybridized carbons (Fsp3) is 1.00. The van der Waals surface area contributed by atoms with Crippen molar-refractivity contribution in [3.63, 3.8) is 0 Å². The van der Waals surface area contributed by atoms with Gasteiger partial charge in [-0.05, 0) is 19.3 Å². The first-order valence-corrected chi connectivity index (χ1v) is 11.3. The van der Waals surface area contributed by atoms with E-state index in [1.807, 2.05) is 0 Å². The van der Waals surface area contributed by atoms with Gasteiger partial charge in [0.05, 0.1) is 19.8 Å². The maximum absolute atomic E-state index is 14.5. The SMILES string of the molecule is CCCOP1(F)=NP(F)(OCCC)=NP(F)(OCCC)=N1. The molecule has 21 heavy (non-hydrogen) atoms. The second-order valence-corrected chi connectivity index (χ2v) is 9.95. The van der Waals surface area contributed by atoms with E-state index in [1.54, 1.807) is 20.8 Å². The Morgan fingerprint density at radius 2 is 0.857 bits per heavy atom. The van der Waals surface area contributed by atoms with Crippen molar-refractivity contribution in [2.75, 3.05) is 19.8 Å². The Balaban J connectivity index is 3.21. The van der Waals surface area contributed by atoms with Gasteiger partial charge in [0, 0.05) is 0 Å². The lowest BCUT2D eigenvalue weighted by Gasteiger charge is -2.23. The smallest absolute Gasteiger partial charge is 0.303 e. The molecule has 0 N–H and O–H groups in total. The summed E-state index contributed by atoms with van der Waals surface area (Å²) in [5.74, 6) is 0. The van der Waals surface area contributed by atoms with E-state index in [0.29, 0.717) is 19.3 Å². The summed E-state index contributed by atoms with van der Waals surface area (Å²) in [4.78, 5) is 0. The third kappa shape index (κ3) is 6.17. The largest absolute Gasteiger partial charge is 0.387 e. The number of hydrogen-bond donors (Lipinski definition) is 0. The summed E-state index contributed by atoms with van der Waals surface area (Å²) in [5, 5.41) is 0. The van der Waals surface area contributed by atoms with E-state index in [2.05, 4.69) is 13.5 Å². The normalized spacial score (nSPS) is 35.7. The van der Waals surface area contributed by atoms with E-state index >= 15 is 0 Å². The zero-order valence-corrected chi connectivity index (χ0v) is 15.0. The Morgan fingerprint density at radius 1 is 0.619 bits per heavy atom. The first-order chi connectivity index (χ1) is 9.80. The molecule has 0 fully saturated rings. The van der Waals surface area contributed by atoms with E-state index in [1.165, 1.54) is 0 Å². The highest BCUT2D eigenvalue weighted by molar-refractivity contribution is 7.77. The molecule has 0 aliphatic carbocycles. The van der Waals surface area contributed by atoms with Gasteiger partial charge in [0.2, 0.25) is 0 Å².